The molecule has 0 unspecified atom stereocenters. The molecule has 0 bridgehead atoms. The molecule has 0 atom stereocenters. The highest BCUT2D eigenvalue weighted by molar-refractivity contribution is 5.58. The zero-order valence-corrected chi connectivity index (χ0v) is 8.39. The third-order valence-electron chi connectivity index (χ3n) is 2.12. The van der Waals surface area contributed by atoms with Crippen molar-refractivity contribution in [2.24, 2.45) is 0 Å². The minimum Gasteiger partial charge on any atom is -0.258 e. The van der Waals surface area contributed by atoms with Crippen molar-refractivity contribution in [3.8, 4) is 0 Å². The molecule has 0 spiro atoms. The normalized spacial score (nSPS) is 12.0. The monoisotopic (exact) mass is 246 g/mol. The second-order valence-corrected chi connectivity index (χ2v) is 3.30. The SMILES string of the molecule is Cc1cc(C(F)(F)F)nc2c([N+](=O)[O-])cnn12. The van der Waals surface area contributed by atoms with Gasteiger partial charge in [0.1, 0.15) is 11.9 Å². The van der Waals surface area contributed by atoms with Crippen LogP contribution < -0.4 is 0 Å². The van der Waals surface area contributed by atoms with Gasteiger partial charge in [0.15, 0.2) is 0 Å². The van der Waals surface area contributed by atoms with Gasteiger partial charge < -0.3 is 0 Å². The molecule has 6 nitrogen and oxygen atoms in total. The van der Waals surface area contributed by atoms with Crippen molar-refractivity contribution < 1.29 is 18.1 Å². The van der Waals surface area contributed by atoms with Crippen LogP contribution in [0.4, 0.5) is 18.9 Å². The Bertz CT molecular complexity index is 605. The minimum absolute atomic E-state index is 0.121. The number of fused-ring (bicyclic) bond motifs is 1. The molecular weight excluding hydrogens is 241 g/mol. The van der Waals surface area contributed by atoms with Crippen LogP contribution in [0.1, 0.15) is 11.4 Å². The van der Waals surface area contributed by atoms with E-state index in [1.165, 1.54) is 6.92 Å². The van der Waals surface area contributed by atoms with E-state index >= 15 is 0 Å². The van der Waals surface area contributed by atoms with Crippen LogP contribution in [-0.4, -0.2) is 19.5 Å². The highest BCUT2D eigenvalue weighted by Gasteiger charge is 2.34. The summed E-state index contributed by atoms with van der Waals surface area (Å²) in [6.07, 6.45) is -3.78. The van der Waals surface area contributed by atoms with E-state index < -0.39 is 28.1 Å². The predicted molar refractivity (Wildman–Crippen MR) is 49.4 cm³/mol. The summed E-state index contributed by atoms with van der Waals surface area (Å²) in [6, 6.07) is 0.781. The molecule has 0 amide bonds. The lowest BCUT2D eigenvalue weighted by Crippen LogP contribution is -2.11. The summed E-state index contributed by atoms with van der Waals surface area (Å²) >= 11 is 0. The maximum atomic E-state index is 12.5. The Morgan fingerprint density at radius 3 is 2.65 bits per heavy atom. The fraction of sp³-hybridized carbons (Fsp3) is 0.250. The van der Waals surface area contributed by atoms with E-state index in [0.717, 1.165) is 16.8 Å². The van der Waals surface area contributed by atoms with Gasteiger partial charge in [0.2, 0.25) is 5.65 Å². The molecule has 0 saturated carbocycles. The van der Waals surface area contributed by atoms with Crippen molar-refractivity contribution in [3.05, 3.63) is 33.8 Å². The van der Waals surface area contributed by atoms with Crippen LogP contribution in [0.2, 0.25) is 0 Å². The van der Waals surface area contributed by atoms with E-state index in [0.29, 0.717) is 0 Å². The van der Waals surface area contributed by atoms with E-state index in [-0.39, 0.29) is 5.69 Å². The third-order valence-corrected chi connectivity index (χ3v) is 2.12. The Kier molecular flexibility index (Phi) is 2.26. The lowest BCUT2D eigenvalue weighted by atomic mass is 10.3. The number of halogens is 3. The molecule has 2 heterocycles. The fourth-order valence-corrected chi connectivity index (χ4v) is 1.38. The molecule has 2 aromatic rings. The van der Waals surface area contributed by atoms with Gasteiger partial charge in [0.05, 0.1) is 4.92 Å². The van der Waals surface area contributed by atoms with Crippen LogP contribution in [0.5, 0.6) is 0 Å². The van der Waals surface area contributed by atoms with Gasteiger partial charge in [-0.25, -0.2) is 9.50 Å². The number of rotatable bonds is 1. The van der Waals surface area contributed by atoms with Crippen molar-refractivity contribution in [1.82, 2.24) is 14.6 Å². The van der Waals surface area contributed by atoms with Gasteiger partial charge in [0.25, 0.3) is 0 Å². The summed E-state index contributed by atoms with van der Waals surface area (Å²) in [4.78, 5) is 13.0. The van der Waals surface area contributed by atoms with Gasteiger partial charge in [-0.05, 0) is 13.0 Å². The molecule has 0 N–H and O–H groups in total. The van der Waals surface area contributed by atoms with Crippen molar-refractivity contribution in [2.45, 2.75) is 13.1 Å². The van der Waals surface area contributed by atoms with Crippen LogP contribution in [0.25, 0.3) is 5.65 Å². The summed E-state index contributed by atoms with van der Waals surface area (Å²) in [5.41, 5.74) is -2.02. The van der Waals surface area contributed by atoms with Crippen molar-refractivity contribution in [3.63, 3.8) is 0 Å². The van der Waals surface area contributed by atoms with Gasteiger partial charge in [-0.15, -0.1) is 0 Å². The lowest BCUT2D eigenvalue weighted by Gasteiger charge is -2.07. The largest absolute Gasteiger partial charge is 0.433 e. The van der Waals surface area contributed by atoms with E-state index in [2.05, 4.69) is 10.1 Å². The first-order valence-corrected chi connectivity index (χ1v) is 4.37. The molecule has 0 fully saturated rings. The topological polar surface area (TPSA) is 73.3 Å². The average Bonchev–Trinajstić information content (AvgIpc) is 2.60. The second-order valence-electron chi connectivity index (χ2n) is 3.30. The van der Waals surface area contributed by atoms with Crippen LogP contribution >= 0.6 is 0 Å². The molecule has 0 aromatic carbocycles. The fourth-order valence-electron chi connectivity index (χ4n) is 1.38. The molecule has 0 aliphatic carbocycles. The number of aryl methyl sites for hydroxylation is 1. The molecule has 0 radical (unpaired) electrons. The molecule has 2 aromatic heterocycles. The molecule has 2 rings (SSSR count). The number of hydrogen-bond acceptors (Lipinski definition) is 4. The minimum atomic E-state index is -4.65. The molecule has 90 valence electrons. The number of hydrogen-bond donors (Lipinski definition) is 0. The molecule has 9 heteroatoms. The van der Waals surface area contributed by atoms with Crippen LogP contribution in [0.15, 0.2) is 12.3 Å². The predicted octanol–water partition coefficient (Wildman–Crippen LogP) is 1.96. The number of aromatic nitrogens is 3. The summed E-state index contributed by atoms with van der Waals surface area (Å²) < 4.78 is 38.4. The van der Waals surface area contributed by atoms with Gasteiger partial charge in [-0.2, -0.15) is 18.3 Å². The number of nitro groups is 1. The third kappa shape index (κ3) is 1.79. The summed E-state index contributed by atoms with van der Waals surface area (Å²) in [5, 5.41) is 14.2. The Hall–Kier alpha value is -2.19. The molecule has 0 aliphatic heterocycles. The summed E-state index contributed by atoms with van der Waals surface area (Å²) in [6.45, 7) is 1.36. The highest BCUT2D eigenvalue weighted by atomic mass is 19.4. The quantitative estimate of drug-likeness (QED) is 0.569. The van der Waals surface area contributed by atoms with Crippen LogP contribution in [0.3, 0.4) is 0 Å². The first-order valence-electron chi connectivity index (χ1n) is 4.37. The molecular formula is C8H5F3N4O2. The van der Waals surface area contributed by atoms with Gasteiger partial charge in [0, 0.05) is 5.69 Å². The maximum absolute atomic E-state index is 12.5. The zero-order valence-electron chi connectivity index (χ0n) is 8.39. The first kappa shape index (κ1) is 11.3. The zero-order chi connectivity index (χ0) is 12.8. The van der Waals surface area contributed by atoms with Crippen molar-refractivity contribution in [1.29, 1.82) is 0 Å². The number of alkyl halides is 3. The summed E-state index contributed by atoms with van der Waals surface area (Å²) in [7, 11) is 0. The van der Waals surface area contributed by atoms with Crippen LogP contribution in [-0.2, 0) is 6.18 Å². The van der Waals surface area contributed by atoms with Gasteiger partial charge >= 0.3 is 11.9 Å². The second kappa shape index (κ2) is 3.40. The van der Waals surface area contributed by atoms with E-state index in [1.807, 2.05) is 0 Å². The standard InChI is InChI=1S/C8H5F3N4O2/c1-4-2-6(8(9,10)11)13-7-5(15(16)17)3-12-14(4)7/h2-3H,1H3. The van der Waals surface area contributed by atoms with E-state index in [9.17, 15) is 23.3 Å². The van der Waals surface area contributed by atoms with Crippen molar-refractivity contribution >= 4 is 11.3 Å². The Balaban J connectivity index is 2.78. The van der Waals surface area contributed by atoms with Gasteiger partial charge in [-0.3, -0.25) is 10.1 Å². The average molecular weight is 246 g/mol. The van der Waals surface area contributed by atoms with E-state index in [1.54, 1.807) is 0 Å². The van der Waals surface area contributed by atoms with Gasteiger partial charge in [-0.1, -0.05) is 0 Å². The highest BCUT2D eigenvalue weighted by Crippen LogP contribution is 2.30. The van der Waals surface area contributed by atoms with Crippen molar-refractivity contribution in [2.75, 3.05) is 0 Å². The molecule has 0 aliphatic rings. The summed E-state index contributed by atoms with van der Waals surface area (Å²) in [5.74, 6) is 0. The Labute approximate surface area is 91.8 Å². The lowest BCUT2D eigenvalue weighted by molar-refractivity contribution is -0.383. The Morgan fingerprint density at radius 1 is 1.47 bits per heavy atom. The first-order chi connectivity index (χ1) is 7.80. The Morgan fingerprint density at radius 2 is 2.12 bits per heavy atom. The van der Waals surface area contributed by atoms with Crippen LogP contribution in [0, 0.1) is 17.0 Å². The number of nitrogens with zero attached hydrogens (tertiary/aromatic N) is 4. The molecule has 17 heavy (non-hydrogen) atoms. The van der Waals surface area contributed by atoms with E-state index in [4.69, 9.17) is 0 Å². The molecule has 0 saturated heterocycles. The maximum Gasteiger partial charge on any atom is 0.433 e. The smallest absolute Gasteiger partial charge is 0.258 e.